The van der Waals surface area contributed by atoms with Gasteiger partial charge in [0.15, 0.2) is 11.6 Å². The lowest BCUT2D eigenvalue weighted by Gasteiger charge is -2.29. The van der Waals surface area contributed by atoms with Crippen molar-refractivity contribution in [2.75, 3.05) is 18.0 Å². The Morgan fingerprint density at radius 3 is 2.43 bits per heavy atom. The minimum Gasteiger partial charge on any atom is -0.485 e. The van der Waals surface area contributed by atoms with E-state index < -0.39 is 5.95 Å². The lowest BCUT2D eigenvalue weighted by molar-refractivity contribution is 0.304. The Labute approximate surface area is 145 Å². The molecule has 0 unspecified atom stereocenters. The van der Waals surface area contributed by atoms with Crippen LogP contribution in [0.15, 0.2) is 30.3 Å². The van der Waals surface area contributed by atoms with Crippen molar-refractivity contribution in [3.8, 4) is 5.75 Å². The fraction of sp³-hybridized carbons (Fsp3) is 0.353. The number of halogens is 3. The van der Waals surface area contributed by atoms with E-state index in [2.05, 4.69) is 4.98 Å². The van der Waals surface area contributed by atoms with Crippen LogP contribution in [-0.4, -0.2) is 18.1 Å². The van der Waals surface area contributed by atoms with Crippen molar-refractivity contribution >= 4 is 29.0 Å². The van der Waals surface area contributed by atoms with Crippen molar-refractivity contribution < 1.29 is 9.13 Å². The molecule has 1 aliphatic rings. The maximum Gasteiger partial charge on any atom is 0.237 e. The molecule has 0 spiro atoms. The van der Waals surface area contributed by atoms with E-state index in [0.29, 0.717) is 5.82 Å². The largest absolute Gasteiger partial charge is 0.485 e. The van der Waals surface area contributed by atoms with E-state index in [0.717, 1.165) is 31.5 Å². The third-order valence-electron chi connectivity index (χ3n) is 3.86. The van der Waals surface area contributed by atoms with Gasteiger partial charge in [-0.15, -0.1) is 0 Å². The zero-order valence-electron chi connectivity index (χ0n) is 12.6. The molecule has 0 aliphatic carbocycles. The van der Waals surface area contributed by atoms with Crippen molar-refractivity contribution in [2.45, 2.75) is 25.9 Å². The van der Waals surface area contributed by atoms with E-state index in [1.165, 1.54) is 6.42 Å². The van der Waals surface area contributed by atoms with Crippen LogP contribution in [-0.2, 0) is 6.61 Å². The minimum atomic E-state index is -0.750. The molecule has 0 bridgehead atoms. The van der Waals surface area contributed by atoms with Crippen LogP contribution < -0.4 is 9.64 Å². The number of rotatable bonds is 4. The van der Waals surface area contributed by atoms with Crippen LogP contribution in [0.25, 0.3) is 0 Å². The summed E-state index contributed by atoms with van der Waals surface area (Å²) in [4.78, 5) is 5.91. The van der Waals surface area contributed by atoms with E-state index in [1.54, 1.807) is 0 Å². The molecule has 0 atom stereocenters. The SMILES string of the molecule is Fc1nc(N2CCCCC2)c(Cl)c(OCc2ccccc2)c1Cl. The highest BCUT2D eigenvalue weighted by atomic mass is 35.5. The van der Waals surface area contributed by atoms with Crippen LogP contribution in [0.4, 0.5) is 10.2 Å². The third-order valence-corrected chi connectivity index (χ3v) is 4.53. The summed E-state index contributed by atoms with van der Waals surface area (Å²) in [5.74, 6) is -0.179. The number of benzene rings is 1. The molecule has 1 fully saturated rings. The molecule has 1 aromatic carbocycles. The van der Waals surface area contributed by atoms with Crippen LogP contribution in [0.2, 0.25) is 10.0 Å². The predicted octanol–water partition coefficient (Wildman–Crippen LogP) is 5.10. The molecule has 0 radical (unpaired) electrons. The maximum atomic E-state index is 14.1. The van der Waals surface area contributed by atoms with Crippen molar-refractivity contribution in [3.05, 3.63) is 51.9 Å². The Balaban J connectivity index is 1.87. The first-order valence-electron chi connectivity index (χ1n) is 7.63. The number of nitrogens with zero attached hydrogens (tertiary/aromatic N) is 2. The zero-order chi connectivity index (χ0) is 16.2. The van der Waals surface area contributed by atoms with Gasteiger partial charge in [-0.1, -0.05) is 53.5 Å². The van der Waals surface area contributed by atoms with Crippen molar-refractivity contribution in [3.63, 3.8) is 0 Å². The van der Waals surface area contributed by atoms with Crippen LogP contribution in [0.3, 0.4) is 0 Å². The Hall–Kier alpha value is -1.52. The smallest absolute Gasteiger partial charge is 0.237 e. The fourth-order valence-corrected chi connectivity index (χ4v) is 3.20. The summed E-state index contributed by atoms with van der Waals surface area (Å²) in [5.41, 5.74) is 0.955. The normalized spacial score (nSPS) is 14.8. The molecule has 122 valence electrons. The van der Waals surface area contributed by atoms with E-state index >= 15 is 0 Å². The number of piperidine rings is 1. The molecule has 23 heavy (non-hydrogen) atoms. The van der Waals surface area contributed by atoms with Gasteiger partial charge in [0.2, 0.25) is 5.95 Å². The van der Waals surface area contributed by atoms with E-state index in [4.69, 9.17) is 27.9 Å². The van der Waals surface area contributed by atoms with Crippen LogP contribution in [0.5, 0.6) is 5.75 Å². The fourth-order valence-electron chi connectivity index (χ4n) is 2.65. The Morgan fingerprint density at radius 2 is 1.74 bits per heavy atom. The molecule has 3 rings (SSSR count). The number of pyridine rings is 1. The summed E-state index contributed by atoms with van der Waals surface area (Å²) in [5, 5.41) is 0.0981. The van der Waals surface area contributed by atoms with Gasteiger partial charge in [-0.25, -0.2) is 0 Å². The van der Waals surface area contributed by atoms with Crippen LogP contribution in [0.1, 0.15) is 24.8 Å². The van der Waals surface area contributed by atoms with E-state index in [-0.39, 0.29) is 22.4 Å². The molecule has 0 N–H and O–H groups in total. The van der Waals surface area contributed by atoms with Crippen molar-refractivity contribution in [2.24, 2.45) is 0 Å². The molecular weight excluding hydrogens is 338 g/mol. The van der Waals surface area contributed by atoms with Crippen molar-refractivity contribution in [1.82, 2.24) is 4.98 Å². The second-order valence-corrected chi connectivity index (χ2v) is 6.26. The van der Waals surface area contributed by atoms with Gasteiger partial charge in [-0.05, 0) is 24.8 Å². The summed E-state index contributed by atoms with van der Waals surface area (Å²) in [6.45, 7) is 1.89. The first-order valence-corrected chi connectivity index (χ1v) is 8.38. The first kappa shape index (κ1) is 16.3. The third kappa shape index (κ3) is 3.70. The van der Waals surface area contributed by atoms with E-state index in [1.807, 2.05) is 35.2 Å². The van der Waals surface area contributed by atoms with E-state index in [9.17, 15) is 4.39 Å². The van der Waals surface area contributed by atoms with Crippen LogP contribution >= 0.6 is 23.2 Å². The summed E-state index contributed by atoms with van der Waals surface area (Å²) in [7, 11) is 0. The Bertz CT molecular complexity index is 676. The topological polar surface area (TPSA) is 25.4 Å². The molecule has 1 aromatic heterocycles. The number of hydrogen-bond donors (Lipinski definition) is 0. The number of anilines is 1. The predicted molar refractivity (Wildman–Crippen MR) is 91.1 cm³/mol. The average molecular weight is 355 g/mol. The monoisotopic (exact) mass is 354 g/mol. The molecular formula is C17H17Cl2FN2O. The molecule has 2 aromatic rings. The quantitative estimate of drug-likeness (QED) is 0.714. The summed E-state index contributed by atoms with van der Waals surface area (Å²) in [6, 6.07) is 9.59. The second kappa shape index (κ2) is 7.37. The number of ether oxygens (including phenoxy) is 1. The van der Waals surface area contributed by atoms with Gasteiger partial charge < -0.3 is 9.64 Å². The van der Waals surface area contributed by atoms with Gasteiger partial charge in [0, 0.05) is 13.1 Å². The summed E-state index contributed by atoms with van der Waals surface area (Å²) >= 11 is 12.4. The van der Waals surface area contributed by atoms with Gasteiger partial charge in [0.05, 0.1) is 0 Å². The highest BCUT2D eigenvalue weighted by molar-refractivity contribution is 6.38. The summed E-state index contributed by atoms with van der Waals surface area (Å²) in [6.07, 6.45) is 3.26. The number of hydrogen-bond acceptors (Lipinski definition) is 3. The Kier molecular flexibility index (Phi) is 5.23. The first-order chi connectivity index (χ1) is 11.2. The molecule has 2 heterocycles. The molecule has 6 heteroatoms. The molecule has 1 saturated heterocycles. The van der Waals surface area contributed by atoms with Gasteiger partial charge >= 0.3 is 0 Å². The second-order valence-electron chi connectivity index (χ2n) is 5.51. The minimum absolute atomic E-state index is 0.158. The average Bonchev–Trinajstić information content (AvgIpc) is 2.60. The van der Waals surface area contributed by atoms with Gasteiger partial charge in [0.25, 0.3) is 0 Å². The maximum absolute atomic E-state index is 14.1. The summed E-state index contributed by atoms with van der Waals surface area (Å²) < 4.78 is 19.8. The van der Waals surface area contributed by atoms with Gasteiger partial charge in [-0.2, -0.15) is 9.37 Å². The highest BCUT2D eigenvalue weighted by Crippen LogP contribution is 2.41. The molecule has 1 aliphatic heterocycles. The zero-order valence-corrected chi connectivity index (χ0v) is 14.1. The standard InChI is InChI=1S/C17H17Cl2FN2O/c18-13-15(23-11-12-7-3-1-4-8-12)14(19)17(21-16(13)20)22-9-5-2-6-10-22/h1,3-4,7-8H,2,5-6,9-11H2. The lowest BCUT2D eigenvalue weighted by Crippen LogP contribution is -2.30. The molecule has 0 saturated carbocycles. The van der Waals surface area contributed by atoms with Gasteiger partial charge in [-0.3, -0.25) is 0 Å². The van der Waals surface area contributed by atoms with Crippen molar-refractivity contribution in [1.29, 1.82) is 0 Å². The van der Waals surface area contributed by atoms with Crippen LogP contribution in [0, 0.1) is 5.95 Å². The molecule has 0 amide bonds. The Morgan fingerprint density at radius 1 is 1.04 bits per heavy atom. The van der Waals surface area contributed by atoms with Gasteiger partial charge in [0.1, 0.15) is 16.7 Å². The number of aromatic nitrogens is 1. The lowest BCUT2D eigenvalue weighted by atomic mass is 10.1. The highest BCUT2D eigenvalue weighted by Gasteiger charge is 2.23. The molecule has 3 nitrogen and oxygen atoms in total.